The third-order valence-corrected chi connectivity index (χ3v) is 8.87. The molecule has 0 bridgehead atoms. The van der Waals surface area contributed by atoms with Gasteiger partial charge in [-0.25, -0.2) is 0 Å². The van der Waals surface area contributed by atoms with Crippen LogP contribution >= 0.6 is 0 Å². The van der Waals surface area contributed by atoms with Crippen LogP contribution in [0.25, 0.3) is 54.9 Å². The molecule has 0 radical (unpaired) electrons. The van der Waals surface area contributed by atoms with E-state index in [1.165, 1.54) is 66.2 Å². The van der Waals surface area contributed by atoms with Gasteiger partial charge in [0.15, 0.2) is 0 Å². The fourth-order valence-electron chi connectivity index (χ4n) is 6.50. The highest BCUT2D eigenvalue weighted by atomic mass is 15.1. The molecule has 206 valence electrons. The molecule has 7 aromatic rings. The molecule has 0 N–H and O–H groups in total. The lowest BCUT2D eigenvalue weighted by atomic mass is 9.77. The Hall–Kier alpha value is -5.14. The molecule has 7 aromatic carbocycles. The second kappa shape index (κ2) is 9.71. The molecule has 0 amide bonds. The van der Waals surface area contributed by atoms with Gasteiger partial charge in [-0.15, -0.1) is 0 Å². The summed E-state index contributed by atoms with van der Waals surface area (Å²) in [4.78, 5) is 2.37. The minimum Gasteiger partial charge on any atom is -0.310 e. The van der Waals surface area contributed by atoms with E-state index in [0.29, 0.717) is 0 Å². The fraction of sp³-hybridized carbons (Fsp3) is 0.0952. The van der Waals surface area contributed by atoms with E-state index in [0.717, 1.165) is 11.4 Å². The fourth-order valence-corrected chi connectivity index (χ4v) is 6.50. The monoisotopic (exact) mass is 551 g/mol. The smallest absolute Gasteiger partial charge is 0.0468 e. The molecule has 1 heteroatoms. The van der Waals surface area contributed by atoms with E-state index in [2.05, 4.69) is 171 Å². The number of para-hydroxylation sites is 1. The quantitative estimate of drug-likeness (QED) is 0.210. The van der Waals surface area contributed by atoms with Crippen molar-refractivity contribution in [3.63, 3.8) is 0 Å². The molecule has 0 unspecified atom stereocenters. The standard InChI is InChI=1S/C42H33N/c1-42(2,3)34-13-10-16-36(27-34)43(35-14-8-5-9-15-35)37-20-19-31-24-39-40-25-32-21-29(28-11-6-4-7-12-28)17-18-30(32)23-38(40)41(39)26-33(31)22-37/h4-27H,1-3H3. The van der Waals surface area contributed by atoms with Gasteiger partial charge in [-0.1, -0.05) is 99.6 Å². The van der Waals surface area contributed by atoms with Gasteiger partial charge in [-0.3, -0.25) is 0 Å². The Labute approximate surface area is 253 Å². The first-order valence-electron chi connectivity index (χ1n) is 15.1. The van der Waals surface area contributed by atoms with Crippen LogP contribution in [-0.4, -0.2) is 0 Å². The minimum absolute atomic E-state index is 0.0741. The largest absolute Gasteiger partial charge is 0.310 e. The molecule has 0 spiro atoms. The zero-order valence-electron chi connectivity index (χ0n) is 24.8. The number of rotatable bonds is 4. The van der Waals surface area contributed by atoms with E-state index in [1.54, 1.807) is 0 Å². The molecule has 0 saturated carbocycles. The normalized spacial score (nSPS) is 12.1. The van der Waals surface area contributed by atoms with Gasteiger partial charge in [0.05, 0.1) is 0 Å². The van der Waals surface area contributed by atoms with Gasteiger partial charge in [0.25, 0.3) is 0 Å². The van der Waals surface area contributed by atoms with Crippen molar-refractivity contribution in [2.75, 3.05) is 4.90 Å². The molecule has 8 rings (SSSR count). The van der Waals surface area contributed by atoms with Crippen molar-refractivity contribution in [2.45, 2.75) is 26.2 Å². The first kappa shape index (κ1) is 25.6. The van der Waals surface area contributed by atoms with Gasteiger partial charge < -0.3 is 4.90 Å². The average molecular weight is 552 g/mol. The van der Waals surface area contributed by atoms with Gasteiger partial charge in [-0.2, -0.15) is 0 Å². The highest BCUT2D eigenvalue weighted by molar-refractivity contribution is 6.12. The summed E-state index contributed by atoms with van der Waals surface area (Å²) in [5.41, 5.74) is 12.8. The maximum Gasteiger partial charge on any atom is 0.0468 e. The van der Waals surface area contributed by atoms with Crippen LogP contribution in [0.5, 0.6) is 0 Å². The zero-order chi connectivity index (χ0) is 29.1. The second-order valence-corrected chi connectivity index (χ2v) is 12.7. The van der Waals surface area contributed by atoms with Crippen molar-refractivity contribution < 1.29 is 0 Å². The molecule has 0 saturated heterocycles. The molecule has 0 fully saturated rings. The van der Waals surface area contributed by atoms with Gasteiger partial charge >= 0.3 is 0 Å². The van der Waals surface area contributed by atoms with Gasteiger partial charge in [-0.05, 0) is 133 Å². The number of hydrogen-bond donors (Lipinski definition) is 0. The van der Waals surface area contributed by atoms with E-state index in [1.807, 2.05) is 0 Å². The Morgan fingerprint density at radius 1 is 0.372 bits per heavy atom. The number of nitrogens with zero attached hydrogens (tertiary/aromatic N) is 1. The van der Waals surface area contributed by atoms with Crippen molar-refractivity contribution in [3.8, 4) is 33.4 Å². The van der Waals surface area contributed by atoms with Crippen LogP contribution in [0.1, 0.15) is 26.3 Å². The molecular weight excluding hydrogens is 518 g/mol. The Balaban J connectivity index is 1.21. The van der Waals surface area contributed by atoms with E-state index in [-0.39, 0.29) is 5.41 Å². The highest BCUT2D eigenvalue weighted by Crippen LogP contribution is 2.51. The van der Waals surface area contributed by atoms with Crippen LogP contribution in [0.4, 0.5) is 17.1 Å². The van der Waals surface area contributed by atoms with Crippen molar-refractivity contribution in [3.05, 3.63) is 151 Å². The summed E-state index contributed by atoms with van der Waals surface area (Å²) >= 11 is 0. The van der Waals surface area contributed by atoms with E-state index in [9.17, 15) is 0 Å². The Kier molecular flexibility index (Phi) is 5.77. The van der Waals surface area contributed by atoms with E-state index < -0.39 is 0 Å². The average Bonchev–Trinajstić information content (AvgIpc) is 3.04. The topological polar surface area (TPSA) is 3.24 Å². The van der Waals surface area contributed by atoms with Gasteiger partial charge in [0, 0.05) is 17.1 Å². The predicted octanol–water partition coefficient (Wildman–Crippen LogP) is 12.1. The molecular formula is C42H33N. The zero-order valence-corrected chi connectivity index (χ0v) is 24.8. The Bertz CT molecular complexity index is 2150. The molecule has 0 aromatic heterocycles. The molecule has 1 aliphatic carbocycles. The summed E-state index contributed by atoms with van der Waals surface area (Å²) < 4.78 is 0. The SMILES string of the molecule is CC(C)(C)c1cccc(N(c2ccccc2)c2ccc3cc4c(cc3c2)-c2cc3ccc(-c5ccccc5)cc3cc2-4)c1. The van der Waals surface area contributed by atoms with Crippen molar-refractivity contribution >= 4 is 38.6 Å². The first-order valence-corrected chi connectivity index (χ1v) is 15.1. The molecule has 0 atom stereocenters. The maximum absolute atomic E-state index is 2.38. The molecule has 43 heavy (non-hydrogen) atoms. The lowest BCUT2D eigenvalue weighted by Crippen LogP contribution is -2.14. The summed E-state index contributed by atoms with van der Waals surface area (Å²) in [7, 11) is 0. The predicted molar refractivity (Wildman–Crippen MR) is 185 cm³/mol. The van der Waals surface area contributed by atoms with Crippen molar-refractivity contribution in [1.82, 2.24) is 0 Å². The lowest BCUT2D eigenvalue weighted by Gasteiger charge is -2.29. The third-order valence-electron chi connectivity index (χ3n) is 8.87. The second-order valence-electron chi connectivity index (χ2n) is 12.7. The van der Waals surface area contributed by atoms with E-state index >= 15 is 0 Å². The highest BCUT2D eigenvalue weighted by Gasteiger charge is 2.24. The lowest BCUT2D eigenvalue weighted by molar-refractivity contribution is 0.590. The summed E-state index contributed by atoms with van der Waals surface area (Å²) in [5.74, 6) is 0. The summed E-state index contributed by atoms with van der Waals surface area (Å²) in [6, 6.07) is 53.5. The van der Waals surface area contributed by atoms with Crippen LogP contribution < -0.4 is 4.90 Å². The number of anilines is 3. The number of hydrogen-bond acceptors (Lipinski definition) is 1. The third kappa shape index (κ3) is 4.40. The molecule has 0 aliphatic heterocycles. The molecule has 1 aliphatic rings. The van der Waals surface area contributed by atoms with Crippen molar-refractivity contribution in [2.24, 2.45) is 0 Å². The van der Waals surface area contributed by atoms with E-state index in [4.69, 9.17) is 0 Å². The van der Waals surface area contributed by atoms with Crippen LogP contribution in [-0.2, 0) is 5.41 Å². The van der Waals surface area contributed by atoms with Gasteiger partial charge in [0.2, 0.25) is 0 Å². The first-order chi connectivity index (χ1) is 20.9. The van der Waals surface area contributed by atoms with Crippen LogP contribution in [0.3, 0.4) is 0 Å². The summed E-state index contributed by atoms with van der Waals surface area (Å²) in [6.07, 6.45) is 0. The Morgan fingerprint density at radius 2 is 0.907 bits per heavy atom. The van der Waals surface area contributed by atoms with Crippen LogP contribution in [0.15, 0.2) is 146 Å². The van der Waals surface area contributed by atoms with Crippen LogP contribution in [0, 0.1) is 0 Å². The number of benzene rings is 7. The Morgan fingerprint density at radius 3 is 1.56 bits per heavy atom. The summed E-state index contributed by atoms with van der Waals surface area (Å²) in [6.45, 7) is 6.82. The minimum atomic E-state index is 0.0741. The van der Waals surface area contributed by atoms with Gasteiger partial charge in [0.1, 0.15) is 0 Å². The maximum atomic E-state index is 2.38. The van der Waals surface area contributed by atoms with Crippen LogP contribution in [0.2, 0.25) is 0 Å². The number of fused-ring (bicyclic) bond motifs is 6. The van der Waals surface area contributed by atoms with Crippen molar-refractivity contribution in [1.29, 1.82) is 0 Å². The molecule has 0 heterocycles. The molecule has 1 nitrogen and oxygen atoms in total. The summed E-state index contributed by atoms with van der Waals surface area (Å²) in [5, 5.41) is 5.10.